The molecule has 5 aliphatic rings. The van der Waals surface area contributed by atoms with E-state index in [1.807, 2.05) is 0 Å². The fourth-order valence-electron chi connectivity index (χ4n) is 7.89. The normalized spacial score (nSPS) is 32.9. The van der Waals surface area contributed by atoms with Crippen molar-refractivity contribution in [3.63, 3.8) is 0 Å². The Hall–Kier alpha value is -2.70. The number of likely N-dealkylation sites (tertiary alicyclic amines) is 1. The van der Waals surface area contributed by atoms with Crippen molar-refractivity contribution in [1.82, 2.24) is 9.88 Å². The molecule has 2 aliphatic heterocycles. The first-order valence-electron chi connectivity index (χ1n) is 12.7. The van der Waals surface area contributed by atoms with E-state index < -0.39 is 11.0 Å². The van der Waals surface area contributed by atoms with E-state index in [9.17, 15) is 10.2 Å². The highest BCUT2D eigenvalue weighted by Crippen LogP contribution is 2.69. The lowest BCUT2D eigenvalue weighted by Crippen LogP contribution is -2.74. The molecule has 1 spiro atoms. The SMILES string of the molecule is CN(C)c1ccc2[nH]c3c(c2c1)C[C@@]1(O)[C@@H]2Cc4ccc(O)c5c4[C@@]1(CCN2CC1CC1)[C@H]3O5. The summed E-state index contributed by atoms with van der Waals surface area (Å²) in [4.78, 5) is 8.39. The second-order valence-electron chi connectivity index (χ2n) is 11.6. The summed E-state index contributed by atoms with van der Waals surface area (Å²) < 4.78 is 6.67. The average molecular weight is 458 g/mol. The van der Waals surface area contributed by atoms with Crippen molar-refractivity contribution in [3.8, 4) is 11.5 Å². The molecule has 3 aromatic rings. The van der Waals surface area contributed by atoms with Gasteiger partial charge in [0.2, 0.25) is 0 Å². The number of aromatic nitrogens is 1. The van der Waals surface area contributed by atoms with Gasteiger partial charge in [0.15, 0.2) is 17.6 Å². The van der Waals surface area contributed by atoms with E-state index in [4.69, 9.17) is 4.74 Å². The molecular weight excluding hydrogens is 426 g/mol. The summed E-state index contributed by atoms with van der Waals surface area (Å²) in [6, 6.07) is 10.4. The fourth-order valence-corrected chi connectivity index (χ4v) is 7.89. The lowest BCUT2D eigenvalue weighted by Gasteiger charge is -2.62. The topological polar surface area (TPSA) is 72.0 Å². The van der Waals surface area contributed by atoms with Gasteiger partial charge >= 0.3 is 0 Å². The molecule has 4 atom stereocenters. The Morgan fingerprint density at radius 1 is 1.21 bits per heavy atom. The van der Waals surface area contributed by atoms with Crippen LogP contribution >= 0.6 is 0 Å². The molecule has 0 unspecified atom stereocenters. The van der Waals surface area contributed by atoms with Gasteiger partial charge in [-0.05, 0) is 73.5 Å². The van der Waals surface area contributed by atoms with Crippen LogP contribution in [0.1, 0.15) is 47.8 Å². The number of piperidine rings is 1. The minimum atomic E-state index is -0.937. The molecule has 2 bridgehead atoms. The molecule has 1 saturated heterocycles. The average Bonchev–Trinajstić information content (AvgIpc) is 3.45. The van der Waals surface area contributed by atoms with Gasteiger partial charge in [-0.25, -0.2) is 0 Å². The van der Waals surface area contributed by atoms with Crippen LogP contribution in [0.3, 0.4) is 0 Å². The van der Waals surface area contributed by atoms with Gasteiger partial charge in [0, 0.05) is 55.3 Å². The van der Waals surface area contributed by atoms with E-state index in [0.29, 0.717) is 12.2 Å². The van der Waals surface area contributed by atoms with Crippen LogP contribution in [0.2, 0.25) is 0 Å². The van der Waals surface area contributed by atoms with E-state index in [2.05, 4.69) is 53.1 Å². The first-order valence-corrected chi connectivity index (χ1v) is 12.7. The maximum Gasteiger partial charge on any atom is 0.166 e. The highest BCUT2D eigenvalue weighted by Gasteiger charge is 2.72. The van der Waals surface area contributed by atoms with E-state index in [0.717, 1.165) is 54.3 Å². The molecule has 176 valence electrons. The van der Waals surface area contributed by atoms with Crippen LogP contribution in [0.15, 0.2) is 30.3 Å². The van der Waals surface area contributed by atoms with Gasteiger partial charge in [-0.3, -0.25) is 4.90 Å². The molecular formula is C28H31N3O3. The Morgan fingerprint density at radius 3 is 2.85 bits per heavy atom. The van der Waals surface area contributed by atoms with Crippen LogP contribution in [-0.2, 0) is 18.3 Å². The van der Waals surface area contributed by atoms with Crippen LogP contribution in [0.5, 0.6) is 11.5 Å². The number of H-pyrrole nitrogens is 1. The molecule has 8 rings (SSSR count). The van der Waals surface area contributed by atoms with Crippen LogP contribution in [0.25, 0.3) is 10.9 Å². The third-order valence-electron chi connectivity index (χ3n) is 9.66. The van der Waals surface area contributed by atoms with Gasteiger partial charge in [-0.2, -0.15) is 0 Å². The third kappa shape index (κ3) is 2.16. The number of aromatic hydroxyl groups is 1. The van der Waals surface area contributed by atoms with Gasteiger partial charge in [0.1, 0.15) is 0 Å². The lowest BCUT2D eigenvalue weighted by molar-refractivity contribution is -0.173. The fraction of sp³-hybridized carbons (Fsp3) is 0.500. The van der Waals surface area contributed by atoms with Gasteiger partial charge in [-0.15, -0.1) is 0 Å². The van der Waals surface area contributed by atoms with Gasteiger partial charge in [0.05, 0.1) is 16.7 Å². The monoisotopic (exact) mass is 457 g/mol. The second kappa shape index (κ2) is 6.10. The summed E-state index contributed by atoms with van der Waals surface area (Å²) in [7, 11) is 4.12. The van der Waals surface area contributed by atoms with E-state index in [1.54, 1.807) is 6.07 Å². The van der Waals surface area contributed by atoms with Crippen molar-refractivity contribution in [3.05, 3.63) is 52.7 Å². The molecule has 3 aliphatic carbocycles. The van der Waals surface area contributed by atoms with Crippen molar-refractivity contribution >= 4 is 16.6 Å². The summed E-state index contributed by atoms with van der Waals surface area (Å²) in [6.45, 7) is 2.05. The van der Waals surface area contributed by atoms with Crippen molar-refractivity contribution in [2.24, 2.45) is 5.92 Å². The first-order chi connectivity index (χ1) is 16.4. The molecule has 34 heavy (non-hydrogen) atoms. The summed E-state index contributed by atoms with van der Waals surface area (Å²) in [6.07, 6.45) is 4.58. The Labute approximate surface area is 199 Å². The van der Waals surface area contributed by atoms with Gasteiger partial charge in [0.25, 0.3) is 0 Å². The Balaban J connectivity index is 1.39. The van der Waals surface area contributed by atoms with E-state index in [1.165, 1.54) is 29.4 Å². The van der Waals surface area contributed by atoms with Crippen molar-refractivity contribution in [1.29, 1.82) is 0 Å². The number of hydrogen-bond donors (Lipinski definition) is 3. The number of aliphatic hydroxyl groups is 1. The maximum atomic E-state index is 12.9. The third-order valence-corrected chi connectivity index (χ3v) is 9.66. The number of phenols is 1. The minimum absolute atomic E-state index is 0.0612. The summed E-state index contributed by atoms with van der Waals surface area (Å²) in [5.41, 5.74) is 5.33. The van der Waals surface area contributed by atoms with Crippen molar-refractivity contribution in [2.75, 3.05) is 32.1 Å². The Bertz CT molecular complexity index is 1370. The largest absolute Gasteiger partial charge is 0.504 e. The van der Waals surface area contributed by atoms with Crippen LogP contribution in [-0.4, -0.2) is 58.9 Å². The predicted octanol–water partition coefficient (Wildman–Crippen LogP) is 3.64. The highest BCUT2D eigenvalue weighted by molar-refractivity contribution is 5.89. The molecule has 3 N–H and O–H groups in total. The number of nitrogens with one attached hydrogen (secondary N) is 1. The summed E-state index contributed by atoms with van der Waals surface area (Å²) in [5.74, 6) is 1.56. The lowest BCUT2D eigenvalue weighted by atomic mass is 9.49. The van der Waals surface area contributed by atoms with Crippen LogP contribution < -0.4 is 9.64 Å². The number of benzene rings is 2. The molecule has 6 heteroatoms. The standard InChI is InChI=1S/C28H31N3O3/c1-30(2)17-6-7-20-18(12-17)19-13-28(33)22-11-16-5-8-21(32)25-23(16)27(28,26(34-25)24(19)29-20)9-10-31(22)14-15-3-4-15/h5-8,12,15,22,26,29,32-33H,3-4,9-11,13-14H2,1-2H3/t22-,26-,27-,28+/m0/s1. The zero-order chi connectivity index (χ0) is 23.0. The molecule has 2 fully saturated rings. The number of phenolic OH excluding ortho intramolecular Hbond substituents is 1. The van der Waals surface area contributed by atoms with Crippen LogP contribution in [0.4, 0.5) is 5.69 Å². The number of fused-ring (bicyclic) bond motifs is 4. The maximum absolute atomic E-state index is 12.9. The zero-order valence-electron chi connectivity index (χ0n) is 19.8. The molecule has 2 aromatic carbocycles. The number of nitrogens with zero attached hydrogens (tertiary/aromatic N) is 2. The zero-order valence-corrected chi connectivity index (χ0v) is 19.8. The number of ether oxygens (including phenoxy) is 1. The van der Waals surface area contributed by atoms with Crippen LogP contribution in [0, 0.1) is 5.92 Å². The molecule has 6 nitrogen and oxygen atoms in total. The summed E-state index contributed by atoms with van der Waals surface area (Å²) in [5, 5.41) is 24.9. The Kier molecular flexibility index (Phi) is 3.51. The minimum Gasteiger partial charge on any atom is -0.504 e. The first kappa shape index (κ1) is 19.6. The predicted molar refractivity (Wildman–Crippen MR) is 131 cm³/mol. The molecule has 0 amide bonds. The highest BCUT2D eigenvalue weighted by atomic mass is 16.5. The van der Waals surface area contributed by atoms with E-state index in [-0.39, 0.29) is 17.9 Å². The Morgan fingerprint density at radius 2 is 2.06 bits per heavy atom. The number of anilines is 1. The van der Waals surface area contributed by atoms with Crippen molar-refractivity contribution in [2.45, 2.75) is 55.3 Å². The quantitative estimate of drug-likeness (QED) is 0.560. The smallest absolute Gasteiger partial charge is 0.166 e. The van der Waals surface area contributed by atoms with Gasteiger partial charge < -0.3 is 24.8 Å². The number of rotatable bonds is 3. The summed E-state index contributed by atoms with van der Waals surface area (Å²) >= 11 is 0. The molecule has 1 aromatic heterocycles. The molecule has 1 saturated carbocycles. The second-order valence-corrected chi connectivity index (χ2v) is 11.6. The molecule has 3 heterocycles. The number of aromatic amines is 1. The molecule has 0 radical (unpaired) electrons. The number of hydrogen-bond acceptors (Lipinski definition) is 5. The van der Waals surface area contributed by atoms with Crippen molar-refractivity contribution < 1.29 is 14.9 Å². The van der Waals surface area contributed by atoms with E-state index >= 15 is 0 Å². The van der Waals surface area contributed by atoms with Gasteiger partial charge in [-0.1, -0.05) is 6.07 Å².